The van der Waals surface area contributed by atoms with Crippen LogP contribution >= 0.6 is 0 Å². The highest BCUT2D eigenvalue weighted by molar-refractivity contribution is 5.70. The molecule has 0 spiro atoms. The van der Waals surface area contributed by atoms with Crippen LogP contribution in [-0.2, 0) is 0 Å². The monoisotopic (exact) mass is 272 g/mol. The molecule has 20 heavy (non-hydrogen) atoms. The van der Waals surface area contributed by atoms with E-state index < -0.39 is 4.92 Å². The van der Waals surface area contributed by atoms with Gasteiger partial charge in [-0.1, -0.05) is 0 Å². The molecule has 2 rings (SSSR count). The van der Waals surface area contributed by atoms with Gasteiger partial charge >= 0.3 is 0 Å². The Hall–Kier alpha value is -3.26. The van der Waals surface area contributed by atoms with Crippen LogP contribution in [-0.4, -0.2) is 18.1 Å². The van der Waals surface area contributed by atoms with Gasteiger partial charge in [-0.3, -0.25) is 10.1 Å². The Bertz CT molecular complexity index is 653. The van der Waals surface area contributed by atoms with Crippen LogP contribution in [0, 0.1) is 32.8 Å². The molecule has 8 nitrogen and oxygen atoms in total. The molecule has 8 heteroatoms. The Kier molecular flexibility index (Phi) is 3.68. The molecule has 0 bridgehead atoms. The molecule has 0 fully saturated rings. The number of nitriles is 2. The molecule has 1 aromatic carbocycles. The topological polar surface area (TPSA) is 121 Å². The molecule has 0 aromatic heterocycles. The number of benzene rings is 1. The zero-order valence-corrected chi connectivity index (χ0v) is 10.1. The average Bonchev–Trinajstić information content (AvgIpc) is 2.47. The van der Waals surface area contributed by atoms with E-state index in [0.29, 0.717) is 24.7 Å². The summed E-state index contributed by atoms with van der Waals surface area (Å²) in [5.41, 5.74) is -0.322. The first-order valence-corrected chi connectivity index (χ1v) is 5.50. The van der Waals surface area contributed by atoms with Gasteiger partial charge in [-0.05, 0) is 0 Å². The number of allylic oxidation sites excluding steroid dienone is 1. The Balaban J connectivity index is 2.41. The molecule has 0 aliphatic carbocycles. The second kappa shape index (κ2) is 5.59. The Morgan fingerprint density at radius 3 is 2.45 bits per heavy atom. The van der Waals surface area contributed by atoms with Crippen LogP contribution in [0.25, 0.3) is 0 Å². The van der Waals surface area contributed by atoms with Crippen LogP contribution < -0.4 is 14.8 Å². The lowest BCUT2D eigenvalue weighted by Gasteiger charge is -2.18. The summed E-state index contributed by atoms with van der Waals surface area (Å²) < 4.78 is 10.6. The molecule has 0 radical (unpaired) electrons. The Morgan fingerprint density at radius 1 is 1.30 bits per heavy atom. The summed E-state index contributed by atoms with van der Waals surface area (Å²) in [7, 11) is 0. The van der Waals surface area contributed by atoms with E-state index >= 15 is 0 Å². The van der Waals surface area contributed by atoms with E-state index in [4.69, 9.17) is 20.0 Å². The van der Waals surface area contributed by atoms with E-state index in [2.05, 4.69) is 5.32 Å². The van der Waals surface area contributed by atoms with Crippen LogP contribution in [0.1, 0.15) is 0 Å². The first-order chi connectivity index (χ1) is 9.65. The summed E-state index contributed by atoms with van der Waals surface area (Å²) in [6.45, 7) is 0.672. The maximum absolute atomic E-state index is 11.0. The average molecular weight is 272 g/mol. The molecule has 1 N–H and O–H groups in total. The first-order valence-electron chi connectivity index (χ1n) is 5.50. The summed E-state index contributed by atoms with van der Waals surface area (Å²) in [5.74, 6) is 0.659. The van der Waals surface area contributed by atoms with Gasteiger partial charge in [-0.15, -0.1) is 0 Å². The third-order valence-corrected chi connectivity index (χ3v) is 2.47. The maximum Gasteiger partial charge on any atom is 0.296 e. The molecule has 0 unspecified atom stereocenters. The third-order valence-electron chi connectivity index (χ3n) is 2.47. The van der Waals surface area contributed by atoms with Gasteiger partial charge < -0.3 is 14.8 Å². The lowest BCUT2D eigenvalue weighted by molar-refractivity contribution is -0.384. The Labute approximate surface area is 113 Å². The van der Waals surface area contributed by atoms with E-state index in [0.717, 1.165) is 6.20 Å². The van der Waals surface area contributed by atoms with Gasteiger partial charge in [-0.2, -0.15) is 10.5 Å². The molecule has 0 saturated heterocycles. The zero-order valence-electron chi connectivity index (χ0n) is 10.1. The van der Waals surface area contributed by atoms with Crippen molar-refractivity contribution >= 4 is 11.4 Å². The van der Waals surface area contributed by atoms with Crippen molar-refractivity contribution in [2.24, 2.45) is 0 Å². The van der Waals surface area contributed by atoms with E-state index in [9.17, 15) is 10.1 Å². The van der Waals surface area contributed by atoms with E-state index in [1.807, 2.05) is 0 Å². The van der Waals surface area contributed by atoms with Crippen molar-refractivity contribution in [1.29, 1.82) is 10.5 Å². The van der Waals surface area contributed by atoms with E-state index in [1.54, 1.807) is 12.1 Å². The standard InChI is InChI=1S/C12H8N4O4/c13-5-8(6-14)7-15-9-3-11-12(20-2-1-19-11)4-10(9)16(17)18/h3-4,7,15H,1-2H2. The highest BCUT2D eigenvalue weighted by Crippen LogP contribution is 2.39. The van der Waals surface area contributed by atoms with Crippen LogP contribution in [0.2, 0.25) is 0 Å². The largest absolute Gasteiger partial charge is 0.486 e. The van der Waals surface area contributed by atoms with Crippen molar-refractivity contribution in [3.05, 3.63) is 34.0 Å². The maximum atomic E-state index is 11.0. The van der Waals surface area contributed by atoms with Gasteiger partial charge in [-0.25, -0.2) is 0 Å². The molecule has 1 aromatic rings. The molecular formula is C12H8N4O4. The van der Waals surface area contributed by atoms with E-state index in [1.165, 1.54) is 12.1 Å². The minimum Gasteiger partial charge on any atom is -0.486 e. The summed E-state index contributed by atoms with van der Waals surface area (Å²) in [6.07, 6.45) is 1.10. The fourth-order valence-electron chi connectivity index (χ4n) is 1.58. The summed E-state index contributed by atoms with van der Waals surface area (Å²) >= 11 is 0. The lowest BCUT2D eigenvalue weighted by Crippen LogP contribution is -2.15. The molecule has 0 saturated carbocycles. The number of nitro benzene ring substituents is 1. The Morgan fingerprint density at radius 2 is 1.90 bits per heavy atom. The van der Waals surface area contributed by atoms with Gasteiger partial charge in [0.15, 0.2) is 11.5 Å². The number of ether oxygens (including phenoxy) is 2. The summed E-state index contributed by atoms with van der Waals surface area (Å²) in [6, 6.07) is 5.93. The lowest BCUT2D eigenvalue weighted by atomic mass is 10.2. The molecule has 1 aliphatic rings. The van der Waals surface area contributed by atoms with Crippen LogP contribution in [0.4, 0.5) is 11.4 Å². The van der Waals surface area contributed by atoms with Gasteiger partial charge in [0.25, 0.3) is 5.69 Å². The minimum absolute atomic E-state index is 0.113. The SMILES string of the molecule is N#CC(C#N)=CNc1cc2c(cc1[N+](=O)[O-])OCCO2. The van der Waals surface area contributed by atoms with Crippen LogP contribution in [0.3, 0.4) is 0 Å². The van der Waals surface area contributed by atoms with Crippen molar-refractivity contribution in [3.8, 4) is 23.6 Å². The van der Waals surface area contributed by atoms with Crippen molar-refractivity contribution in [2.75, 3.05) is 18.5 Å². The highest BCUT2D eigenvalue weighted by atomic mass is 16.6. The van der Waals surface area contributed by atoms with Gasteiger partial charge in [0.1, 0.15) is 36.6 Å². The number of nitrogens with one attached hydrogen (secondary N) is 1. The number of nitrogens with zero attached hydrogens (tertiary/aromatic N) is 3. The second-order valence-corrected chi connectivity index (χ2v) is 3.70. The number of anilines is 1. The van der Waals surface area contributed by atoms with Crippen molar-refractivity contribution in [1.82, 2.24) is 0 Å². The van der Waals surface area contributed by atoms with Gasteiger partial charge in [0.2, 0.25) is 0 Å². The molecular weight excluding hydrogens is 264 g/mol. The smallest absolute Gasteiger partial charge is 0.296 e. The minimum atomic E-state index is -0.590. The molecule has 100 valence electrons. The predicted octanol–water partition coefficient (Wildman–Crippen LogP) is 1.71. The molecule has 0 atom stereocenters. The normalized spacial score (nSPS) is 11.7. The number of fused-ring (bicyclic) bond motifs is 1. The third kappa shape index (κ3) is 2.60. The summed E-state index contributed by atoms with van der Waals surface area (Å²) in [5, 5.41) is 30.8. The van der Waals surface area contributed by atoms with Crippen molar-refractivity contribution in [2.45, 2.75) is 0 Å². The number of hydrogen-bond acceptors (Lipinski definition) is 7. The van der Waals surface area contributed by atoms with Crippen LogP contribution in [0.15, 0.2) is 23.9 Å². The fraction of sp³-hybridized carbons (Fsp3) is 0.167. The first kappa shape index (κ1) is 13.2. The molecule has 1 aliphatic heterocycles. The number of rotatable bonds is 3. The quantitative estimate of drug-likeness (QED) is 0.504. The van der Waals surface area contributed by atoms with Crippen molar-refractivity contribution in [3.63, 3.8) is 0 Å². The number of hydrogen-bond donors (Lipinski definition) is 1. The molecule has 0 amide bonds. The van der Waals surface area contributed by atoms with Crippen molar-refractivity contribution < 1.29 is 14.4 Å². The highest BCUT2D eigenvalue weighted by Gasteiger charge is 2.21. The van der Waals surface area contributed by atoms with Crippen LogP contribution in [0.5, 0.6) is 11.5 Å². The van der Waals surface area contributed by atoms with E-state index in [-0.39, 0.29) is 16.9 Å². The molecule has 1 heterocycles. The summed E-state index contributed by atoms with van der Waals surface area (Å²) in [4.78, 5) is 10.4. The fourth-order valence-corrected chi connectivity index (χ4v) is 1.58. The predicted molar refractivity (Wildman–Crippen MR) is 67.0 cm³/mol. The second-order valence-electron chi connectivity index (χ2n) is 3.70. The number of nitro groups is 1. The zero-order chi connectivity index (χ0) is 14.5. The van der Waals surface area contributed by atoms with Gasteiger partial charge in [0.05, 0.1) is 11.0 Å². The van der Waals surface area contributed by atoms with Gasteiger partial charge in [0, 0.05) is 12.3 Å².